The maximum absolute atomic E-state index is 12.0. The number of Topliss-reactive ketones (excluding diaryl/α,β-unsaturated/α-hetero) is 1. The van der Waals surface area contributed by atoms with E-state index in [1.54, 1.807) is 11.3 Å². The number of rotatable bonds is 2. The van der Waals surface area contributed by atoms with Crippen molar-refractivity contribution in [1.82, 2.24) is 9.55 Å². The molecule has 0 unspecified atom stereocenters. The van der Waals surface area contributed by atoms with Crippen molar-refractivity contribution in [3.63, 3.8) is 0 Å². The van der Waals surface area contributed by atoms with E-state index in [4.69, 9.17) is 0 Å². The van der Waals surface area contributed by atoms with E-state index in [0.29, 0.717) is 6.42 Å². The first-order chi connectivity index (χ1) is 9.01. The Morgan fingerprint density at radius 3 is 2.84 bits per heavy atom. The van der Waals surface area contributed by atoms with Gasteiger partial charge in [0.05, 0.1) is 5.54 Å². The molecule has 4 heteroatoms. The summed E-state index contributed by atoms with van der Waals surface area (Å²) in [6.07, 6.45) is 4.49. The summed E-state index contributed by atoms with van der Waals surface area (Å²) >= 11 is 1.67. The Balaban J connectivity index is 2.18. The fourth-order valence-electron chi connectivity index (χ4n) is 3.13. The first-order valence-electron chi connectivity index (χ1n) is 6.66. The molecule has 0 spiro atoms. The van der Waals surface area contributed by atoms with Crippen molar-refractivity contribution in [3.8, 4) is 0 Å². The Hall–Kier alpha value is -1.42. The van der Waals surface area contributed by atoms with Crippen LogP contribution in [0.4, 0.5) is 0 Å². The van der Waals surface area contributed by atoms with Crippen molar-refractivity contribution in [2.45, 2.75) is 45.6 Å². The molecule has 2 aromatic rings. The summed E-state index contributed by atoms with van der Waals surface area (Å²) in [5.74, 6) is 0.290. The molecule has 0 aliphatic heterocycles. The molecule has 100 valence electrons. The molecule has 0 aromatic carbocycles. The number of thiazole rings is 1. The monoisotopic (exact) mass is 274 g/mol. The third-order valence-corrected chi connectivity index (χ3v) is 5.01. The largest absolute Gasteiger partial charge is 0.336 e. The van der Waals surface area contributed by atoms with Crippen LogP contribution in [-0.2, 0) is 12.0 Å². The third kappa shape index (κ3) is 1.86. The highest BCUT2D eigenvalue weighted by Crippen LogP contribution is 2.35. The van der Waals surface area contributed by atoms with Crippen molar-refractivity contribution < 1.29 is 4.79 Å². The van der Waals surface area contributed by atoms with Crippen LogP contribution in [0.1, 0.15) is 53.4 Å². The van der Waals surface area contributed by atoms with Crippen molar-refractivity contribution in [2.75, 3.05) is 0 Å². The van der Waals surface area contributed by atoms with Gasteiger partial charge in [-0.15, -0.1) is 11.3 Å². The van der Waals surface area contributed by atoms with Crippen LogP contribution in [0, 0.1) is 6.92 Å². The normalized spacial score (nSPS) is 15.6. The van der Waals surface area contributed by atoms with E-state index in [-0.39, 0.29) is 11.3 Å². The molecule has 0 atom stereocenters. The number of carbonyl (C=O) groups is 1. The van der Waals surface area contributed by atoms with Gasteiger partial charge in [0, 0.05) is 34.9 Å². The Kier molecular flexibility index (Phi) is 2.86. The number of nitrogens with zero attached hydrogens (tertiary/aromatic N) is 2. The summed E-state index contributed by atoms with van der Waals surface area (Å²) in [4.78, 5) is 16.5. The maximum atomic E-state index is 12.0. The summed E-state index contributed by atoms with van der Waals surface area (Å²) in [7, 11) is 0. The fourth-order valence-corrected chi connectivity index (χ4v) is 3.88. The summed E-state index contributed by atoms with van der Waals surface area (Å²) < 4.78 is 2.30. The highest BCUT2D eigenvalue weighted by atomic mass is 32.1. The van der Waals surface area contributed by atoms with Crippen LogP contribution in [0.3, 0.4) is 0 Å². The second-order valence-electron chi connectivity index (χ2n) is 5.65. The molecule has 19 heavy (non-hydrogen) atoms. The van der Waals surface area contributed by atoms with Gasteiger partial charge in [0.25, 0.3) is 0 Å². The molecular formula is C15H18N2OS. The number of aromatic nitrogens is 2. The van der Waals surface area contributed by atoms with Crippen LogP contribution >= 0.6 is 11.3 Å². The lowest BCUT2D eigenvalue weighted by Gasteiger charge is -2.30. The molecule has 3 rings (SSSR count). The minimum atomic E-state index is -0.191. The molecule has 0 saturated carbocycles. The van der Waals surface area contributed by atoms with Crippen molar-refractivity contribution in [2.24, 2.45) is 0 Å². The van der Waals surface area contributed by atoms with E-state index in [0.717, 1.165) is 29.1 Å². The molecule has 3 nitrogen and oxygen atoms in total. The summed E-state index contributed by atoms with van der Waals surface area (Å²) in [6, 6.07) is 2.05. The first-order valence-corrected chi connectivity index (χ1v) is 7.54. The molecule has 0 fully saturated rings. The number of hydrogen-bond donors (Lipinski definition) is 0. The van der Waals surface area contributed by atoms with Crippen LogP contribution in [0.15, 0.2) is 17.6 Å². The predicted molar refractivity (Wildman–Crippen MR) is 77.0 cm³/mol. The van der Waals surface area contributed by atoms with Crippen molar-refractivity contribution in [3.05, 3.63) is 39.6 Å². The predicted octanol–water partition coefficient (Wildman–Crippen LogP) is 3.56. The lowest BCUT2D eigenvalue weighted by atomic mass is 9.95. The second kappa shape index (κ2) is 4.30. The standard InChI is InChI=1S/C15H18N2OS/c1-10-9-11-12(5-4-6-13(11)18)17(10)15(2,3)14-16-7-8-19-14/h7-9H,4-6H2,1-3H3. The van der Waals surface area contributed by atoms with Gasteiger partial charge in [-0.05, 0) is 39.7 Å². The van der Waals surface area contributed by atoms with E-state index in [2.05, 4.69) is 30.3 Å². The third-order valence-electron chi connectivity index (χ3n) is 3.92. The van der Waals surface area contributed by atoms with Gasteiger partial charge in [0.1, 0.15) is 5.01 Å². The van der Waals surface area contributed by atoms with Gasteiger partial charge in [-0.1, -0.05) is 0 Å². The molecule has 0 radical (unpaired) electrons. The molecule has 1 aliphatic carbocycles. The summed E-state index contributed by atoms with van der Waals surface area (Å²) in [5.41, 5.74) is 3.08. The second-order valence-corrected chi connectivity index (χ2v) is 6.55. The zero-order chi connectivity index (χ0) is 13.6. The molecule has 0 N–H and O–H groups in total. The fraction of sp³-hybridized carbons (Fsp3) is 0.467. The molecule has 1 aliphatic rings. The minimum Gasteiger partial charge on any atom is -0.336 e. The number of hydrogen-bond acceptors (Lipinski definition) is 3. The van der Waals surface area contributed by atoms with Gasteiger partial charge in [-0.3, -0.25) is 4.79 Å². The Morgan fingerprint density at radius 2 is 2.16 bits per heavy atom. The maximum Gasteiger partial charge on any atom is 0.164 e. The van der Waals surface area contributed by atoms with E-state index < -0.39 is 0 Å². The smallest absolute Gasteiger partial charge is 0.164 e. The molecule has 0 amide bonds. The first kappa shape index (κ1) is 12.6. The number of aryl methyl sites for hydroxylation is 1. The number of ketones is 1. The van der Waals surface area contributed by atoms with Gasteiger partial charge in [0.15, 0.2) is 5.78 Å². The van der Waals surface area contributed by atoms with Crippen LogP contribution in [-0.4, -0.2) is 15.3 Å². The SMILES string of the molecule is Cc1cc2c(n1C(C)(C)c1nccs1)CCCC2=O. The number of carbonyl (C=O) groups excluding carboxylic acids is 1. The lowest BCUT2D eigenvalue weighted by molar-refractivity contribution is 0.0971. The van der Waals surface area contributed by atoms with Gasteiger partial charge in [0.2, 0.25) is 0 Å². The zero-order valence-electron chi connectivity index (χ0n) is 11.6. The van der Waals surface area contributed by atoms with Crippen molar-refractivity contribution in [1.29, 1.82) is 0 Å². The van der Waals surface area contributed by atoms with Crippen LogP contribution in [0.2, 0.25) is 0 Å². The van der Waals surface area contributed by atoms with Crippen LogP contribution < -0.4 is 0 Å². The Bertz CT molecular complexity index is 623. The van der Waals surface area contributed by atoms with E-state index in [1.807, 2.05) is 17.6 Å². The highest BCUT2D eigenvalue weighted by Gasteiger charge is 2.32. The van der Waals surface area contributed by atoms with Gasteiger partial charge in [-0.2, -0.15) is 0 Å². The Morgan fingerprint density at radius 1 is 1.37 bits per heavy atom. The highest BCUT2D eigenvalue weighted by molar-refractivity contribution is 7.09. The Labute approximate surface area is 117 Å². The van der Waals surface area contributed by atoms with Gasteiger partial charge < -0.3 is 4.57 Å². The van der Waals surface area contributed by atoms with E-state index >= 15 is 0 Å². The topological polar surface area (TPSA) is 34.9 Å². The number of fused-ring (bicyclic) bond motifs is 1. The van der Waals surface area contributed by atoms with Gasteiger partial charge >= 0.3 is 0 Å². The van der Waals surface area contributed by atoms with Crippen molar-refractivity contribution >= 4 is 17.1 Å². The lowest BCUT2D eigenvalue weighted by Crippen LogP contribution is -2.31. The van der Waals surface area contributed by atoms with Crippen LogP contribution in [0.5, 0.6) is 0 Å². The van der Waals surface area contributed by atoms with Gasteiger partial charge in [-0.25, -0.2) is 4.98 Å². The molecule has 0 saturated heterocycles. The molecule has 0 bridgehead atoms. The summed E-state index contributed by atoms with van der Waals surface area (Å²) in [5, 5.41) is 3.10. The van der Waals surface area contributed by atoms with E-state index in [1.165, 1.54) is 5.69 Å². The zero-order valence-corrected chi connectivity index (χ0v) is 12.4. The average molecular weight is 274 g/mol. The van der Waals surface area contributed by atoms with E-state index in [9.17, 15) is 4.79 Å². The summed E-state index contributed by atoms with van der Waals surface area (Å²) in [6.45, 7) is 6.44. The van der Waals surface area contributed by atoms with Crippen LogP contribution in [0.25, 0.3) is 0 Å². The molecule has 2 aromatic heterocycles. The minimum absolute atomic E-state index is 0.191. The average Bonchev–Trinajstić information content (AvgIpc) is 2.96. The molecular weight excluding hydrogens is 256 g/mol. The molecule has 2 heterocycles. The quantitative estimate of drug-likeness (QED) is 0.839.